The van der Waals surface area contributed by atoms with Crippen LogP contribution in [0.5, 0.6) is 0 Å². The molecule has 88 valence electrons. The molecule has 1 aromatic rings. The first-order valence-electron chi connectivity index (χ1n) is 6.15. The summed E-state index contributed by atoms with van der Waals surface area (Å²) >= 11 is 0. The number of β-amino-alcohol motifs (C(OH)–C–C–N with tert-alkyl or cyclic N) is 1. The Bertz CT molecular complexity index is 370. The number of aromatic nitrogens is 2. The smallest absolute Gasteiger partial charge is 0.0793 e. The van der Waals surface area contributed by atoms with E-state index >= 15 is 0 Å². The lowest BCUT2D eigenvalue weighted by Gasteiger charge is -2.35. The highest BCUT2D eigenvalue weighted by Gasteiger charge is 2.34. The van der Waals surface area contributed by atoms with Crippen LogP contribution in [0.15, 0.2) is 12.4 Å². The summed E-state index contributed by atoms with van der Waals surface area (Å²) in [6, 6.07) is 0. The van der Waals surface area contributed by atoms with E-state index in [0.29, 0.717) is 0 Å². The van der Waals surface area contributed by atoms with Gasteiger partial charge in [0.05, 0.1) is 18.8 Å². The van der Waals surface area contributed by atoms with Crippen molar-refractivity contribution in [3.05, 3.63) is 18.0 Å². The molecule has 16 heavy (non-hydrogen) atoms. The van der Waals surface area contributed by atoms with E-state index in [4.69, 9.17) is 5.11 Å². The first-order valence-corrected chi connectivity index (χ1v) is 6.15. The van der Waals surface area contributed by atoms with Crippen LogP contribution in [0.3, 0.4) is 0 Å². The van der Waals surface area contributed by atoms with Gasteiger partial charge in [-0.2, -0.15) is 5.10 Å². The number of aliphatic hydroxyl groups is 1. The molecule has 2 heterocycles. The molecule has 4 nitrogen and oxygen atoms in total. The van der Waals surface area contributed by atoms with E-state index in [1.807, 2.05) is 10.9 Å². The number of nitrogens with zero attached hydrogens (tertiary/aromatic N) is 3. The Hall–Kier alpha value is -0.870. The molecule has 0 bridgehead atoms. The van der Waals surface area contributed by atoms with E-state index in [9.17, 15) is 0 Å². The minimum atomic E-state index is -0.0968. The lowest BCUT2D eigenvalue weighted by molar-refractivity contribution is 0.0000408. The quantitative estimate of drug-likeness (QED) is 0.813. The fourth-order valence-corrected chi connectivity index (χ4v) is 2.45. The van der Waals surface area contributed by atoms with Crippen LogP contribution in [0, 0.1) is 5.92 Å². The highest BCUT2D eigenvalue weighted by Crippen LogP contribution is 2.46. The number of hydrogen-bond acceptors (Lipinski definition) is 3. The van der Waals surface area contributed by atoms with Crippen molar-refractivity contribution < 1.29 is 5.11 Å². The highest BCUT2D eigenvalue weighted by atomic mass is 16.3. The van der Waals surface area contributed by atoms with Gasteiger partial charge >= 0.3 is 0 Å². The van der Waals surface area contributed by atoms with Gasteiger partial charge in [0.2, 0.25) is 0 Å². The van der Waals surface area contributed by atoms with Crippen LogP contribution >= 0.6 is 0 Å². The number of aliphatic hydroxyl groups excluding tert-OH is 1. The van der Waals surface area contributed by atoms with E-state index in [0.717, 1.165) is 38.0 Å². The largest absolute Gasteiger partial charge is 0.390 e. The lowest BCUT2D eigenvalue weighted by Crippen LogP contribution is -2.51. The summed E-state index contributed by atoms with van der Waals surface area (Å²) in [4.78, 5) is 2.26. The molecule has 2 aliphatic rings. The zero-order chi connectivity index (χ0) is 11.1. The first-order chi connectivity index (χ1) is 7.72. The fraction of sp³-hybridized carbons (Fsp3) is 0.750. The van der Waals surface area contributed by atoms with Crippen LogP contribution in [-0.4, -0.2) is 45.5 Å². The van der Waals surface area contributed by atoms with Crippen molar-refractivity contribution in [2.45, 2.75) is 31.9 Å². The minimum absolute atomic E-state index is 0.0968. The van der Waals surface area contributed by atoms with Crippen LogP contribution in [0.2, 0.25) is 0 Å². The molecular weight excluding hydrogens is 202 g/mol. The molecule has 1 aliphatic carbocycles. The van der Waals surface area contributed by atoms with E-state index < -0.39 is 0 Å². The van der Waals surface area contributed by atoms with Crippen LogP contribution in [0.4, 0.5) is 0 Å². The van der Waals surface area contributed by atoms with Gasteiger partial charge in [-0.15, -0.1) is 0 Å². The third-order valence-electron chi connectivity index (χ3n) is 3.77. The van der Waals surface area contributed by atoms with Crippen molar-refractivity contribution in [2.75, 3.05) is 19.6 Å². The SMILES string of the molecule is CC1CC1c1cnn(CCN2CC(O)C2)c1. The van der Waals surface area contributed by atoms with Gasteiger partial charge in [-0.25, -0.2) is 0 Å². The maximum absolute atomic E-state index is 9.17. The minimum Gasteiger partial charge on any atom is -0.390 e. The maximum Gasteiger partial charge on any atom is 0.0793 e. The predicted molar refractivity (Wildman–Crippen MR) is 61.2 cm³/mol. The van der Waals surface area contributed by atoms with Crippen LogP contribution in [0.1, 0.15) is 24.8 Å². The van der Waals surface area contributed by atoms with Gasteiger partial charge in [-0.1, -0.05) is 6.92 Å². The summed E-state index contributed by atoms with van der Waals surface area (Å²) in [5, 5.41) is 13.6. The highest BCUT2D eigenvalue weighted by molar-refractivity contribution is 5.19. The fourth-order valence-electron chi connectivity index (χ4n) is 2.45. The van der Waals surface area contributed by atoms with Gasteiger partial charge in [0.25, 0.3) is 0 Å². The van der Waals surface area contributed by atoms with Crippen molar-refractivity contribution in [3.63, 3.8) is 0 Å². The Kier molecular flexibility index (Phi) is 2.48. The lowest BCUT2D eigenvalue weighted by atomic mass is 10.2. The molecule has 1 aromatic heterocycles. The molecule has 2 atom stereocenters. The number of hydrogen-bond donors (Lipinski definition) is 1. The second kappa shape index (κ2) is 3.86. The molecule has 3 rings (SSSR count). The molecule has 0 spiro atoms. The van der Waals surface area contributed by atoms with Crippen molar-refractivity contribution in [1.29, 1.82) is 0 Å². The Morgan fingerprint density at radius 3 is 2.81 bits per heavy atom. The van der Waals surface area contributed by atoms with E-state index in [-0.39, 0.29) is 6.10 Å². The summed E-state index contributed by atoms with van der Waals surface area (Å²) in [6.45, 7) is 5.89. The molecule has 0 radical (unpaired) electrons. The molecule has 1 N–H and O–H groups in total. The standard InChI is InChI=1S/C12H19N3O/c1-9-4-12(9)10-5-13-15(6-10)3-2-14-7-11(16)8-14/h5-6,9,11-12,16H,2-4,7-8H2,1H3. The van der Waals surface area contributed by atoms with Crippen molar-refractivity contribution in [2.24, 2.45) is 5.92 Å². The Labute approximate surface area is 95.9 Å². The second-order valence-corrected chi connectivity index (χ2v) is 5.27. The van der Waals surface area contributed by atoms with Crippen LogP contribution in [0.25, 0.3) is 0 Å². The molecule has 4 heteroatoms. The molecule has 1 saturated heterocycles. The Balaban J connectivity index is 1.49. The van der Waals surface area contributed by atoms with Gasteiger partial charge < -0.3 is 5.11 Å². The van der Waals surface area contributed by atoms with Gasteiger partial charge in [-0.3, -0.25) is 9.58 Å². The molecule has 1 saturated carbocycles. The van der Waals surface area contributed by atoms with Crippen LogP contribution in [-0.2, 0) is 6.54 Å². The monoisotopic (exact) mass is 221 g/mol. The summed E-state index contributed by atoms with van der Waals surface area (Å²) in [5.41, 5.74) is 1.40. The van der Waals surface area contributed by atoms with Crippen LogP contribution < -0.4 is 0 Å². The maximum atomic E-state index is 9.17. The molecular formula is C12H19N3O. The summed E-state index contributed by atoms with van der Waals surface area (Å²) in [7, 11) is 0. The Morgan fingerprint density at radius 1 is 1.44 bits per heavy atom. The first kappa shape index (κ1) is 10.3. The second-order valence-electron chi connectivity index (χ2n) is 5.27. The van der Waals surface area contributed by atoms with Gasteiger partial charge in [0, 0.05) is 25.8 Å². The number of likely N-dealkylation sites (tertiary alicyclic amines) is 1. The summed E-state index contributed by atoms with van der Waals surface area (Å²) in [6.07, 6.45) is 5.42. The molecule has 2 unspecified atom stereocenters. The summed E-state index contributed by atoms with van der Waals surface area (Å²) in [5.74, 6) is 1.61. The summed E-state index contributed by atoms with van der Waals surface area (Å²) < 4.78 is 2.03. The van der Waals surface area contributed by atoms with E-state index in [1.165, 1.54) is 12.0 Å². The third kappa shape index (κ3) is 1.99. The van der Waals surface area contributed by atoms with Crippen molar-refractivity contribution >= 4 is 0 Å². The molecule has 1 aliphatic heterocycles. The van der Waals surface area contributed by atoms with E-state index in [1.54, 1.807) is 0 Å². The van der Waals surface area contributed by atoms with Crippen molar-refractivity contribution in [1.82, 2.24) is 14.7 Å². The molecule has 0 aromatic carbocycles. The van der Waals surface area contributed by atoms with E-state index in [2.05, 4.69) is 23.1 Å². The topological polar surface area (TPSA) is 41.3 Å². The molecule has 0 amide bonds. The molecule has 2 fully saturated rings. The average molecular weight is 221 g/mol. The zero-order valence-corrected chi connectivity index (χ0v) is 9.71. The van der Waals surface area contributed by atoms with Gasteiger partial charge in [0.15, 0.2) is 0 Å². The third-order valence-corrected chi connectivity index (χ3v) is 3.77. The van der Waals surface area contributed by atoms with Crippen molar-refractivity contribution in [3.8, 4) is 0 Å². The van der Waals surface area contributed by atoms with Gasteiger partial charge in [-0.05, 0) is 23.8 Å². The van der Waals surface area contributed by atoms with Gasteiger partial charge in [0.1, 0.15) is 0 Å². The number of rotatable bonds is 4. The predicted octanol–water partition coefficient (Wildman–Crippen LogP) is 0.683. The normalized spacial score (nSPS) is 30.4. The zero-order valence-electron chi connectivity index (χ0n) is 9.71. The average Bonchev–Trinajstić information content (AvgIpc) is 2.77. The Morgan fingerprint density at radius 2 is 2.19 bits per heavy atom.